The first-order chi connectivity index (χ1) is 14.9. The Morgan fingerprint density at radius 2 is 2.13 bits per heavy atom. The number of ether oxygens (including phenoxy) is 1. The number of halogens is 1. The third-order valence-electron chi connectivity index (χ3n) is 6.09. The van der Waals surface area contributed by atoms with Crippen LogP contribution in [0.1, 0.15) is 51.6 Å². The molecular formula is C23H24FN3O3S. The van der Waals surface area contributed by atoms with Gasteiger partial charge in [-0.2, -0.15) is 5.26 Å². The van der Waals surface area contributed by atoms with E-state index in [9.17, 15) is 9.90 Å². The van der Waals surface area contributed by atoms with Gasteiger partial charge in [-0.1, -0.05) is 6.07 Å². The van der Waals surface area contributed by atoms with Crippen LogP contribution < -0.4 is 0 Å². The number of hydrogen-bond acceptors (Lipinski definition) is 7. The molecule has 162 valence electrons. The standard InChI is InChI=1S/C23H24FN3O3S/c1-15-17(3-4-18-19(15)13-30-22(18)29)20(28)12-27-8-6-23(24,7-9-27)14-31-21-5-2-16(10-25)11-26-21/h2-5,11,20,28H,6-9,12-14H2,1H3. The SMILES string of the molecule is Cc1c(C(O)CN2CCC(F)(CSc3ccc(C#N)cn3)CC2)ccc2c1COC2=O. The number of pyridine rings is 1. The molecule has 0 saturated carbocycles. The molecule has 0 bridgehead atoms. The minimum Gasteiger partial charge on any atom is -0.457 e. The van der Waals surface area contributed by atoms with Gasteiger partial charge in [0.05, 0.1) is 22.3 Å². The number of nitriles is 1. The Morgan fingerprint density at radius 3 is 2.81 bits per heavy atom. The van der Waals surface area contributed by atoms with Crippen LogP contribution >= 0.6 is 11.8 Å². The van der Waals surface area contributed by atoms with Crippen molar-refractivity contribution in [2.24, 2.45) is 0 Å². The highest BCUT2D eigenvalue weighted by atomic mass is 32.2. The molecule has 1 unspecified atom stereocenters. The molecule has 1 aromatic carbocycles. The molecule has 0 amide bonds. The van der Waals surface area contributed by atoms with Gasteiger partial charge >= 0.3 is 5.97 Å². The summed E-state index contributed by atoms with van der Waals surface area (Å²) in [5, 5.41) is 20.3. The van der Waals surface area contributed by atoms with Crippen molar-refractivity contribution in [1.29, 1.82) is 5.26 Å². The van der Waals surface area contributed by atoms with Crippen LogP contribution in [0.25, 0.3) is 0 Å². The second-order valence-corrected chi connectivity index (χ2v) is 9.13. The second kappa shape index (κ2) is 8.95. The lowest BCUT2D eigenvalue weighted by molar-refractivity contribution is 0.0450. The van der Waals surface area contributed by atoms with Gasteiger partial charge in [0.25, 0.3) is 0 Å². The van der Waals surface area contributed by atoms with Crippen LogP contribution in [0.3, 0.4) is 0 Å². The number of rotatable bonds is 6. The molecule has 0 radical (unpaired) electrons. The highest BCUT2D eigenvalue weighted by Gasteiger charge is 2.35. The monoisotopic (exact) mass is 441 g/mol. The number of benzene rings is 1. The molecule has 31 heavy (non-hydrogen) atoms. The number of piperidine rings is 1. The van der Waals surface area contributed by atoms with Gasteiger partial charge in [0.15, 0.2) is 0 Å². The Kier molecular flexibility index (Phi) is 6.28. The van der Waals surface area contributed by atoms with Crippen molar-refractivity contribution >= 4 is 17.7 Å². The lowest BCUT2D eigenvalue weighted by Crippen LogP contribution is -2.44. The third kappa shape index (κ3) is 4.74. The van der Waals surface area contributed by atoms with Crippen LogP contribution in [0.4, 0.5) is 4.39 Å². The zero-order valence-corrected chi connectivity index (χ0v) is 18.1. The molecule has 0 aliphatic carbocycles. The quantitative estimate of drug-likeness (QED) is 0.542. The van der Waals surface area contributed by atoms with E-state index in [1.54, 1.807) is 24.3 Å². The first-order valence-electron chi connectivity index (χ1n) is 10.3. The minimum absolute atomic E-state index is 0.250. The third-order valence-corrected chi connectivity index (χ3v) is 7.29. The number of carbonyl (C=O) groups excluding carboxylic acids is 1. The largest absolute Gasteiger partial charge is 0.457 e. The van der Waals surface area contributed by atoms with Gasteiger partial charge in [0.1, 0.15) is 18.3 Å². The summed E-state index contributed by atoms with van der Waals surface area (Å²) in [6.07, 6.45) is 1.59. The van der Waals surface area contributed by atoms with Crippen molar-refractivity contribution in [2.45, 2.75) is 43.2 Å². The molecule has 4 rings (SSSR count). The Labute approximate surface area is 185 Å². The molecule has 2 aromatic rings. The van der Waals surface area contributed by atoms with E-state index in [1.165, 1.54) is 18.0 Å². The highest BCUT2D eigenvalue weighted by molar-refractivity contribution is 7.99. The molecule has 1 atom stereocenters. The van der Waals surface area contributed by atoms with Crippen LogP contribution in [0.15, 0.2) is 35.5 Å². The van der Waals surface area contributed by atoms with E-state index < -0.39 is 11.8 Å². The maximum absolute atomic E-state index is 15.3. The van der Waals surface area contributed by atoms with Crippen LogP contribution in [-0.2, 0) is 11.3 Å². The second-order valence-electron chi connectivity index (χ2n) is 8.13. The van der Waals surface area contributed by atoms with E-state index in [0.717, 1.165) is 16.7 Å². The molecule has 2 aliphatic heterocycles. The molecule has 2 aliphatic rings. The van der Waals surface area contributed by atoms with Crippen molar-refractivity contribution in [3.63, 3.8) is 0 Å². The van der Waals surface area contributed by atoms with Gasteiger partial charge in [-0.15, -0.1) is 11.8 Å². The first-order valence-corrected chi connectivity index (χ1v) is 11.2. The Bertz CT molecular complexity index is 1010. The van der Waals surface area contributed by atoms with Gasteiger partial charge in [-0.05, 0) is 49.1 Å². The van der Waals surface area contributed by atoms with Crippen molar-refractivity contribution in [2.75, 3.05) is 25.4 Å². The lowest BCUT2D eigenvalue weighted by Gasteiger charge is -2.37. The van der Waals surface area contributed by atoms with Crippen molar-refractivity contribution in [3.05, 3.63) is 58.3 Å². The molecule has 3 heterocycles. The Hall–Kier alpha value is -2.47. The number of carbonyl (C=O) groups is 1. The average molecular weight is 442 g/mol. The summed E-state index contributed by atoms with van der Waals surface area (Å²) in [6, 6.07) is 8.96. The fourth-order valence-electron chi connectivity index (χ4n) is 4.09. The maximum Gasteiger partial charge on any atom is 0.338 e. The van der Waals surface area contributed by atoms with Gasteiger partial charge in [-0.3, -0.25) is 0 Å². The predicted molar refractivity (Wildman–Crippen MR) is 114 cm³/mol. The van der Waals surface area contributed by atoms with Crippen LogP contribution in [0.2, 0.25) is 0 Å². The fourth-order valence-corrected chi connectivity index (χ4v) is 5.07. The van der Waals surface area contributed by atoms with Crippen LogP contribution in [-0.4, -0.2) is 52.0 Å². The number of likely N-dealkylation sites (tertiary alicyclic amines) is 1. The summed E-state index contributed by atoms with van der Waals surface area (Å²) < 4.78 is 20.3. The number of nitrogens with zero attached hydrogens (tertiary/aromatic N) is 3. The van der Waals surface area contributed by atoms with Gasteiger partial charge in [0.2, 0.25) is 0 Å². The summed E-state index contributed by atoms with van der Waals surface area (Å²) in [4.78, 5) is 18.0. The Balaban J connectivity index is 1.30. The fraction of sp³-hybridized carbons (Fsp3) is 0.435. The van der Waals surface area contributed by atoms with Crippen molar-refractivity contribution in [1.82, 2.24) is 9.88 Å². The molecule has 1 N–H and O–H groups in total. The maximum atomic E-state index is 15.3. The summed E-state index contributed by atoms with van der Waals surface area (Å²) in [5.74, 6) is 0.00352. The number of aliphatic hydroxyl groups is 1. The summed E-state index contributed by atoms with van der Waals surface area (Å²) in [6.45, 7) is 3.72. The van der Waals surface area contributed by atoms with E-state index >= 15 is 4.39 Å². The van der Waals surface area contributed by atoms with E-state index in [-0.39, 0.29) is 12.6 Å². The normalized spacial score (nSPS) is 18.8. The topological polar surface area (TPSA) is 86.4 Å². The molecule has 0 spiro atoms. The molecule has 1 fully saturated rings. The highest BCUT2D eigenvalue weighted by Crippen LogP contribution is 2.34. The van der Waals surface area contributed by atoms with E-state index in [2.05, 4.69) is 9.88 Å². The molecule has 6 nitrogen and oxygen atoms in total. The van der Waals surface area contributed by atoms with Crippen LogP contribution in [0, 0.1) is 18.3 Å². The van der Waals surface area contributed by atoms with Crippen molar-refractivity contribution < 1.29 is 19.0 Å². The first kappa shape index (κ1) is 21.8. The molecule has 1 saturated heterocycles. The summed E-state index contributed by atoms with van der Waals surface area (Å²) in [7, 11) is 0. The minimum atomic E-state index is -1.27. The number of aromatic nitrogens is 1. The Morgan fingerprint density at radius 1 is 1.35 bits per heavy atom. The van der Waals surface area contributed by atoms with E-state index in [1.807, 2.05) is 13.0 Å². The molecule has 1 aromatic heterocycles. The smallest absolute Gasteiger partial charge is 0.338 e. The van der Waals surface area contributed by atoms with Gasteiger partial charge in [0, 0.05) is 37.1 Å². The summed E-state index contributed by atoms with van der Waals surface area (Å²) >= 11 is 1.37. The summed E-state index contributed by atoms with van der Waals surface area (Å²) in [5.41, 5.74) is 2.31. The number of thioether (sulfide) groups is 1. The van der Waals surface area contributed by atoms with Gasteiger partial charge < -0.3 is 14.7 Å². The average Bonchev–Trinajstić information content (AvgIpc) is 3.16. The van der Waals surface area contributed by atoms with E-state index in [4.69, 9.17) is 10.00 Å². The lowest BCUT2D eigenvalue weighted by atomic mass is 9.93. The number of β-amino-alcohol motifs (C(OH)–C–C–N with tert-alkyl or cyclic N) is 1. The number of fused-ring (bicyclic) bond motifs is 1. The number of aliphatic hydroxyl groups excluding tert-OH is 1. The van der Waals surface area contributed by atoms with Crippen LogP contribution in [0.5, 0.6) is 0 Å². The zero-order valence-electron chi connectivity index (χ0n) is 17.3. The molecular weight excluding hydrogens is 417 g/mol. The number of cyclic esters (lactones) is 1. The molecule has 8 heteroatoms. The number of hydrogen-bond donors (Lipinski definition) is 1. The predicted octanol–water partition coefficient (Wildman–Crippen LogP) is 3.56. The zero-order chi connectivity index (χ0) is 22.0. The van der Waals surface area contributed by atoms with E-state index in [0.29, 0.717) is 54.4 Å². The van der Waals surface area contributed by atoms with Crippen molar-refractivity contribution in [3.8, 4) is 6.07 Å². The van der Waals surface area contributed by atoms with Gasteiger partial charge in [-0.25, -0.2) is 14.2 Å². The number of esters is 1. The number of alkyl halides is 1.